The molecule has 0 saturated carbocycles. The second kappa shape index (κ2) is 10.6. The van der Waals surface area contributed by atoms with Crippen molar-refractivity contribution in [3.63, 3.8) is 0 Å². The summed E-state index contributed by atoms with van der Waals surface area (Å²) in [7, 11) is 0. The quantitative estimate of drug-likeness (QED) is 0.376. The molecule has 4 heteroatoms. The fourth-order valence-electron chi connectivity index (χ4n) is 1.88. The Morgan fingerprint density at radius 1 is 1.06 bits per heavy atom. The van der Waals surface area contributed by atoms with E-state index in [1.165, 1.54) is 6.92 Å². The van der Waals surface area contributed by atoms with Crippen LogP contribution < -0.4 is 0 Å². The second-order valence-electron chi connectivity index (χ2n) is 4.80. The maximum Gasteiger partial charge on any atom is 0.102 e. The summed E-state index contributed by atoms with van der Waals surface area (Å²) >= 11 is 0. The topological polar surface area (TPSA) is 29.4 Å². The van der Waals surface area contributed by atoms with E-state index in [1.54, 1.807) is 0 Å². The molecular weight excluding hydrogens is 224 g/mol. The summed E-state index contributed by atoms with van der Waals surface area (Å²) < 4.78 is 26.0. The van der Waals surface area contributed by atoms with Gasteiger partial charge in [0.1, 0.15) is 6.17 Å². The molecule has 0 heterocycles. The number of nitroso groups, excluding NO2 is 1. The van der Waals surface area contributed by atoms with E-state index in [2.05, 4.69) is 12.1 Å². The fraction of sp³-hybridized carbons (Fsp3) is 1.00. The Morgan fingerprint density at radius 3 is 2.29 bits per heavy atom. The Hall–Kier alpha value is -0.540. The summed E-state index contributed by atoms with van der Waals surface area (Å²) in [5.74, 6) is 0. The highest BCUT2D eigenvalue weighted by Crippen LogP contribution is 2.18. The van der Waals surface area contributed by atoms with Crippen LogP contribution in [0.4, 0.5) is 8.78 Å². The Morgan fingerprint density at radius 2 is 1.76 bits per heavy atom. The van der Waals surface area contributed by atoms with Crippen molar-refractivity contribution in [3.05, 3.63) is 4.91 Å². The summed E-state index contributed by atoms with van der Waals surface area (Å²) in [5, 5.41) is 2.98. The zero-order chi connectivity index (χ0) is 13.1. The van der Waals surface area contributed by atoms with Crippen molar-refractivity contribution in [2.45, 2.75) is 83.6 Å². The molecular formula is C13H25F2NO. The first-order chi connectivity index (χ1) is 8.10. The van der Waals surface area contributed by atoms with E-state index < -0.39 is 18.4 Å². The minimum absolute atomic E-state index is 0.202. The molecule has 0 aliphatic heterocycles. The molecule has 3 unspecified atom stereocenters. The van der Waals surface area contributed by atoms with E-state index in [9.17, 15) is 13.7 Å². The van der Waals surface area contributed by atoms with Crippen LogP contribution in [0.25, 0.3) is 0 Å². The van der Waals surface area contributed by atoms with Crippen LogP contribution in [-0.4, -0.2) is 18.4 Å². The van der Waals surface area contributed by atoms with Crippen LogP contribution in [0, 0.1) is 4.91 Å². The van der Waals surface area contributed by atoms with E-state index in [1.807, 2.05) is 0 Å². The summed E-state index contributed by atoms with van der Waals surface area (Å²) in [5.41, 5.74) is 0. The first kappa shape index (κ1) is 16.5. The van der Waals surface area contributed by atoms with Gasteiger partial charge in [0.15, 0.2) is 0 Å². The van der Waals surface area contributed by atoms with Crippen molar-refractivity contribution in [1.82, 2.24) is 0 Å². The Kier molecular flexibility index (Phi) is 10.3. The Bertz CT molecular complexity index is 188. The van der Waals surface area contributed by atoms with Gasteiger partial charge in [-0.2, -0.15) is 4.91 Å². The van der Waals surface area contributed by atoms with Gasteiger partial charge in [0.2, 0.25) is 0 Å². The SMILES string of the molecule is CCCCCC(CC(F)CCCC(C)F)N=O. The Balaban J connectivity index is 3.66. The second-order valence-corrected chi connectivity index (χ2v) is 4.80. The average molecular weight is 249 g/mol. The average Bonchev–Trinajstić information content (AvgIpc) is 2.27. The summed E-state index contributed by atoms with van der Waals surface area (Å²) in [6.07, 6.45) is 3.35. The predicted octanol–water partition coefficient (Wildman–Crippen LogP) is 4.96. The third-order valence-electron chi connectivity index (χ3n) is 2.94. The Labute approximate surface area is 103 Å². The molecule has 2 nitrogen and oxygen atoms in total. The van der Waals surface area contributed by atoms with Crippen LogP contribution in [0.2, 0.25) is 0 Å². The number of alkyl halides is 2. The fourth-order valence-corrected chi connectivity index (χ4v) is 1.88. The maximum absolute atomic E-state index is 13.5. The van der Waals surface area contributed by atoms with Crippen molar-refractivity contribution >= 4 is 0 Å². The first-order valence-corrected chi connectivity index (χ1v) is 6.70. The zero-order valence-corrected chi connectivity index (χ0v) is 11.0. The van der Waals surface area contributed by atoms with Gasteiger partial charge in [-0.3, -0.25) is 0 Å². The molecule has 0 aliphatic carbocycles. The van der Waals surface area contributed by atoms with Crippen molar-refractivity contribution in [2.75, 3.05) is 0 Å². The lowest BCUT2D eigenvalue weighted by atomic mass is 10.0. The van der Waals surface area contributed by atoms with Crippen LogP contribution in [0.3, 0.4) is 0 Å². The first-order valence-electron chi connectivity index (χ1n) is 6.70. The minimum Gasteiger partial charge on any atom is -0.248 e. The van der Waals surface area contributed by atoms with Gasteiger partial charge in [-0.1, -0.05) is 31.4 Å². The van der Waals surface area contributed by atoms with Gasteiger partial charge in [0.25, 0.3) is 0 Å². The third kappa shape index (κ3) is 10.3. The van der Waals surface area contributed by atoms with E-state index >= 15 is 0 Å². The highest BCUT2D eigenvalue weighted by Gasteiger charge is 2.16. The summed E-state index contributed by atoms with van der Waals surface area (Å²) in [6.45, 7) is 3.56. The van der Waals surface area contributed by atoms with Crippen LogP contribution in [0.1, 0.15) is 65.2 Å². The highest BCUT2D eigenvalue weighted by atomic mass is 19.1. The van der Waals surface area contributed by atoms with Gasteiger partial charge in [-0.15, -0.1) is 0 Å². The van der Waals surface area contributed by atoms with Gasteiger partial charge in [-0.25, -0.2) is 8.78 Å². The van der Waals surface area contributed by atoms with Gasteiger partial charge in [0.05, 0.1) is 12.2 Å². The van der Waals surface area contributed by atoms with Crippen molar-refractivity contribution in [2.24, 2.45) is 5.18 Å². The number of rotatable bonds is 11. The molecule has 17 heavy (non-hydrogen) atoms. The summed E-state index contributed by atoms with van der Waals surface area (Å²) in [4.78, 5) is 10.5. The van der Waals surface area contributed by atoms with Crippen molar-refractivity contribution in [1.29, 1.82) is 0 Å². The number of hydrogen-bond acceptors (Lipinski definition) is 2. The van der Waals surface area contributed by atoms with Crippen LogP contribution >= 0.6 is 0 Å². The molecule has 0 radical (unpaired) electrons. The number of halogens is 2. The monoisotopic (exact) mass is 249 g/mol. The van der Waals surface area contributed by atoms with Gasteiger partial charge in [0, 0.05) is 6.42 Å². The van der Waals surface area contributed by atoms with E-state index in [0.29, 0.717) is 25.7 Å². The third-order valence-corrected chi connectivity index (χ3v) is 2.94. The van der Waals surface area contributed by atoms with Gasteiger partial charge >= 0.3 is 0 Å². The van der Waals surface area contributed by atoms with E-state index in [4.69, 9.17) is 0 Å². The van der Waals surface area contributed by atoms with Gasteiger partial charge < -0.3 is 0 Å². The zero-order valence-electron chi connectivity index (χ0n) is 11.0. The number of nitrogens with zero attached hydrogens (tertiary/aromatic N) is 1. The largest absolute Gasteiger partial charge is 0.248 e. The minimum atomic E-state index is -1.02. The molecule has 0 spiro atoms. The van der Waals surface area contributed by atoms with Crippen LogP contribution in [0.15, 0.2) is 5.18 Å². The van der Waals surface area contributed by atoms with Crippen molar-refractivity contribution < 1.29 is 8.78 Å². The normalized spacial score (nSPS) is 16.5. The molecule has 0 aliphatic rings. The molecule has 0 amide bonds. The highest BCUT2D eigenvalue weighted by molar-refractivity contribution is 4.71. The number of hydrogen-bond donors (Lipinski definition) is 0. The van der Waals surface area contributed by atoms with Gasteiger partial charge in [-0.05, 0) is 32.6 Å². The lowest BCUT2D eigenvalue weighted by Gasteiger charge is -2.12. The van der Waals surface area contributed by atoms with E-state index in [0.717, 1.165) is 19.3 Å². The molecule has 0 aromatic carbocycles. The molecule has 0 saturated heterocycles. The van der Waals surface area contributed by atoms with E-state index in [-0.39, 0.29) is 6.42 Å². The molecule has 102 valence electrons. The molecule has 0 aromatic rings. The molecule has 0 rings (SSSR count). The van der Waals surface area contributed by atoms with Crippen LogP contribution in [0.5, 0.6) is 0 Å². The maximum atomic E-state index is 13.5. The smallest absolute Gasteiger partial charge is 0.102 e. The predicted molar refractivity (Wildman–Crippen MR) is 67.7 cm³/mol. The molecule has 0 N–H and O–H groups in total. The van der Waals surface area contributed by atoms with Crippen molar-refractivity contribution in [3.8, 4) is 0 Å². The molecule has 0 fully saturated rings. The molecule has 3 atom stereocenters. The van der Waals surface area contributed by atoms with Crippen LogP contribution in [-0.2, 0) is 0 Å². The lowest BCUT2D eigenvalue weighted by molar-refractivity contribution is 0.251. The lowest BCUT2D eigenvalue weighted by Crippen LogP contribution is -2.13. The standard InChI is InChI=1S/C13H25F2NO/c1-3-4-5-9-13(16-17)10-12(15)8-6-7-11(2)14/h11-13H,3-10H2,1-2H3. The molecule has 0 aromatic heterocycles. The molecule has 0 bridgehead atoms. The number of unbranched alkanes of at least 4 members (excludes halogenated alkanes) is 2. The summed E-state index contributed by atoms with van der Waals surface area (Å²) in [6, 6.07) is -0.403.